The summed E-state index contributed by atoms with van der Waals surface area (Å²) < 4.78 is 1.77. The molecule has 330 valence electrons. The number of rotatable bonds is 8. The third-order valence-corrected chi connectivity index (χ3v) is 16.1. The van der Waals surface area contributed by atoms with Crippen molar-refractivity contribution < 1.29 is 39.6 Å². The predicted octanol–water partition coefficient (Wildman–Crippen LogP) is 10.7. The van der Waals surface area contributed by atoms with Gasteiger partial charge in [-0.05, 0) is 139 Å². The maximum Gasteiger partial charge on any atom is 0.331 e. The Balaban J connectivity index is 0.930. The molecule has 16 heteroatoms. The molecule has 14 nitrogen and oxygen atoms in total. The van der Waals surface area contributed by atoms with Gasteiger partial charge in [0.1, 0.15) is 0 Å². The first-order valence-corrected chi connectivity index (χ1v) is 23.5. The van der Waals surface area contributed by atoms with Crippen molar-refractivity contribution in [1.82, 2.24) is 19.9 Å². The molecule has 4 atom stereocenters. The summed E-state index contributed by atoms with van der Waals surface area (Å²) in [6.45, 7) is 0. The predicted molar refractivity (Wildman–Crippen MR) is 273 cm³/mol. The fourth-order valence-electron chi connectivity index (χ4n) is 11.0. The molecule has 11 heterocycles. The number of hydrogen-bond acceptors (Lipinski definition) is 8. The topological polar surface area (TPSA) is 213 Å². The summed E-state index contributed by atoms with van der Waals surface area (Å²) in [5, 5.41) is 40.2. The first kappa shape index (κ1) is 40.7. The average Bonchev–Trinajstić information content (AvgIpc) is 4.18. The molecule has 4 unspecified atom stereocenters. The zero-order chi connectivity index (χ0) is 46.6. The number of aromatic nitrogens is 4. The van der Waals surface area contributed by atoms with Crippen LogP contribution in [0.4, 0.5) is 11.4 Å². The van der Waals surface area contributed by atoms with Crippen LogP contribution in [-0.2, 0) is 19.2 Å². The Labute approximate surface area is 411 Å². The summed E-state index contributed by atoms with van der Waals surface area (Å²) in [7, 11) is 0. The van der Waals surface area contributed by atoms with Gasteiger partial charge in [-0.3, -0.25) is 0 Å². The highest BCUT2D eigenvalue weighted by atomic mass is 127. The van der Waals surface area contributed by atoms with E-state index in [0.29, 0.717) is 44.8 Å². The molecule has 0 radical (unpaired) electrons. The number of aromatic amines is 2. The largest absolute Gasteiger partial charge is 0.479 e. The van der Waals surface area contributed by atoms with Crippen LogP contribution in [0.1, 0.15) is 69.2 Å². The van der Waals surface area contributed by atoms with E-state index in [4.69, 9.17) is 9.97 Å². The maximum absolute atomic E-state index is 12.5. The van der Waals surface area contributed by atoms with Crippen molar-refractivity contribution >= 4 is 127 Å². The number of nitrogens with zero attached hydrogens (tertiary/aromatic N) is 4. The van der Waals surface area contributed by atoms with Crippen molar-refractivity contribution in [3.8, 4) is 44.5 Å². The number of carboxylic acid groups (broad SMARTS) is 4. The van der Waals surface area contributed by atoms with Crippen LogP contribution in [0.2, 0.25) is 0 Å². The lowest BCUT2D eigenvalue weighted by atomic mass is 9.89. The number of fused-ring (bicyclic) bond motifs is 8. The summed E-state index contributed by atoms with van der Waals surface area (Å²) in [5.41, 5.74) is 16.2. The molecular formula is C52H30I2N6O8. The van der Waals surface area contributed by atoms with Crippen molar-refractivity contribution in [2.45, 2.75) is 24.2 Å². The Kier molecular flexibility index (Phi) is 8.65. The van der Waals surface area contributed by atoms with Crippen LogP contribution in [0.3, 0.4) is 0 Å². The van der Waals surface area contributed by atoms with E-state index in [1.165, 1.54) is 9.80 Å². The molecule has 4 aromatic carbocycles. The van der Waals surface area contributed by atoms with Gasteiger partial charge in [-0.25, -0.2) is 29.1 Å². The highest BCUT2D eigenvalue weighted by molar-refractivity contribution is 14.1. The number of anilines is 2. The van der Waals surface area contributed by atoms with Crippen molar-refractivity contribution in [3.05, 3.63) is 149 Å². The Morgan fingerprint density at radius 3 is 1.10 bits per heavy atom. The van der Waals surface area contributed by atoms with Gasteiger partial charge in [0.15, 0.2) is 24.2 Å². The van der Waals surface area contributed by atoms with Gasteiger partial charge >= 0.3 is 23.9 Å². The quantitative estimate of drug-likeness (QED) is 0.0785. The lowest BCUT2D eigenvalue weighted by Gasteiger charge is -2.35. The van der Waals surface area contributed by atoms with E-state index in [-0.39, 0.29) is 0 Å². The van der Waals surface area contributed by atoms with E-state index in [1.54, 1.807) is 12.1 Å². The van der Waals surface area contributed by atoms with E-state index in [1.807, 2.05) is 109 Å². The molecule has 16 bridgehead atoms. The molecule has 8 aliphatic rings. The van der Waals surface area contributed by atoms with Crippen LogP contribution in [0.15, 0.2) is 97.1 Å². The molecule has 15 rings (SSSR count). The van der Waals surface area contributed by atoms with Gasteiger partial charge in [0.25, 0.3) is 0 Å². The number of carboxylic acids is 4. The van der Waals surface area contributed by atoms with Crippen LogP contribution in [-0.4, -0.2) is 64.2 Å². The van der Waals surface area contributed by atoms with E-state index in [2.05, 4.69) is 55.1 Å². The van der Waals surface area contributed by atoms with Gasteiger partial charge in [0, 0.05) is 55.8 Å². The fraction of sp³-hybridized carbons (Fsp3) is 0.0769. The molecule has 0 fully saturated rings. The van der Waals surface area contributed by atoms with Gasteiger partial charge in [-0.1, -0.05) is 60.7 Å². The van der Waals surface area contributed by atoms with Crippen LogP contribution < -0.4 is 9.80 Å². The SMILES string of the molecule is O=C(O)C1c2c(-c3ccc(-c4c5nc(c(I)c6ccc([nH]6)c(-c6ccc(-c7ccc8c9c7C(C(=O)O)N8C9C(=O)O)cc6)c6nc(c(I)c7ccc4[nH]7)C=C6)C=C5)cc3)ccc3c2C(C(=O)O)N31. The van der Waals surface area contributed by atoms with E-state index >= 15 is 0 Å². The third-order valence-electron chi connectivity index (χ3n) is 13.8. The molecule has 3 aromatic heterocycles. The third kappa shape index (κ3) is 5.54. The first-order chi connectivity index (χ1) is 32.9. The zero-order valence-corrected chi connectivity index (χ0v) is 39.1. The summed E-state index contributed by atoms with van der Waals surface area (Å²) in [4.78, 5) is 69.8. The molecular weight excluding hydrogens is 1090 g/mol. The zero-order valence-electron chi connectivity index (χ0n) is 34.8. The highest BCUT2D eigenvalue weighted by Crippen LogP contribution is 2.62. The van der Waals surface area contributed by atoms with Gasteiger partial charge < -0.3 is 40.2 Å². The molecule has 7 aromatic rings. The smallest absolute Gasteiger partial charge is 0.331 e. The number of benzene rings is 4. The minimum absolute atomic E-state index is 0.527. The van der Waals surface area contributed by atoms with Crippen LogP contribution in [0.5, 0.6) is 0 Å². The molecule has 0 saturated carbocycles. The Morgan fingerprint density at radius 1 is 0.412 bits per heavy atom. The van der Waals surface area contributed by atoms with Crippen LogP contribution >= 0.6 is 45.2 Å². The minimum Gasteiger partial charge on any atom is -0.479 e. The second kappa shape index (κ2) is 14.5. The highest BCUT2D eigenvalue weighted by Gasteiger charge is 2.58. The van der Waals surface area contributed by atoms with Crippen molar-refractivity contribution in [1.29, 1.82) is 0 Å². The molecule has 6 N–H and O–H groups in total. The van der Waals surface area contributed by atoms with Crippen molar-refractivity contribution in [2.75, 3.05) is 9.80 Å². The average molecular weight is 1120 g/mol. The van der Waals surface area contributed by atoms with Crippen molar-refractivity contribution in [2.24, 2.45) is 0 Å². The number of carbonyl (C=O) groups is 4. The standard InChI is InChI=1S/C52H30I2N6O8/c53-43-31-15-11-27(55-31)37(23-5-1-21(2-6-23)25-9-19-35-41-39(25)45(49(61)62)59(35)47(41)51(65)66)28-12-16-32(56-28)44(54)34-18-14-30(58-34)38(29-13-17-33(43)57-29)24-7-3-22(4-8-24)26-10-20-36-42-40(26)46(50(63)64)60(36)48(42)52(67)68/h1-20,45-48,55,58H,(H,61,62)(H,63,64)(H,65,66)(H,67,68). The summed E-state index contributed by atoms with van der Waals surface area (Å²) in [6, 6.07) is 27.0. The Hall–Kier alpha value is -7.58. The summed E-state index contributed by atoms with van der Waals surface area (Å²) in [6.07, 6.45) is 7.96. The monoisotopic (exact) mass is 1120 g/mol. The molecule has 0 aliphatic carbocycles. The molecule has 68 heavy (non-hydrogen) atoms. The van der Waals surface area contributed by atoms with Gasteiger partial charge in [0.05, 0.1) is 40.9 Å². The minimum atomic E-state index is -1.09. The maximum atomic E-state index is 12.5. The Bertz CT molecular complexity index is 3540. The summed E-state index contributed by atoms with van der Waals surface area (Å²) >= 11 is 4.62. The first-order valence-electron chi connectivity index (χ1n) is 21.4. The van der Waals surface area contributed by atoms with Crippen LogP contribution in [0, 0.1) is 7.14 Å². The van der Waals surface area contributed by atoms with E-state index in [9.17, 15) is 39.6 Å². The molecule has 0 spiro atoms. The lowest BCUT2D eigenvalue weighted by molar-refractivity contribution is -0.142. The number of hydrogen-bond donors (Lipinski definition) is 6. The van der Waals surface area contributed by atoms with E-state index < -0.39 is 48.0 Å². The van der Waals surface area contributed by atoms with E-state index in [0.717, 1.165) is 85.4 Å². The van der Waals surface area contributed by atoms with Crippen molar-refractivity contribution in [3.63, 3.8) is 0 Å². The Morgan fingerprint density at radius 2 is 0.735 bits per heavy atom. The molecule has 8 aliphatic heterocycles. The van der Waals surface area contributed by atoms with Crippen LogP contribution in [0.25, 0.3) is 90.9 Å². The van der Waals surface area contributed by atoms with Gasteiger partial charge in [-0.2, -0.15) is 0 Å². The second-order valence-electron chi connectivity index (χ2n) is 17.2. The van der Waals surface area contributed by atoms with Gasteiger partial charge in [-0.15, -0.1) is 0 Å². The molecule has 0 saturated heterocycles. The summed E-state index contributed by atoms with van der Waals surface area (Å²) in [5.74, 6) is -4.32. The number of nitrogens with one attached hydrogen (secondary N) is 2. The second-order valence-corrected chi connectivity index (χ2v) is 19.4. The fourth-order valence-corrected chi connectivity index (χ4v) is 12.2. The molecule has 0 amide bonds. The number of aliphatic carboxylic acids is 4. The normalized spacial score (nSPS) is 18.4. The number of H-pyrrole nitrogens is 2. The number of halogens is 2. The van der Waals surface area contributed by atoms with Gasteiger partial charge in [0.2, 0.25) is 0 Å². The lowest BCUT2D eigenvalue weighted by Crippen LogP contribution is -2.39.